The average Bonchev–Trinajstić information content (AvgIpc) is 2.79. The first kappa shape index (κ1) is 7.53. The van der Waals surface area contributed by atoms with Gasteiger partial charge < -0.3 is 0 Å². The summed E-state index contributed by atoms with van der Waals surface area (Å²) in [4.78, 5) is 11.4. The molecule has 2 rings (SSSR count). The van der Waals surface area contributed by atoms with Gasteiger partial charge in [-0.3, -0.25) is 4.79 Å². The maximum absolute atomic E-state index is 11.4. The topological polar surface area (TPSA) is 34.9 Å². The van der Waals surface area contributed by atoms with Gasteiger partial charge in [0.05, 0.1) is 11.7 Å². The molecule has 1 aromatic heterocycles. The van der Waals surface area contributed by atoms with Crippen LogP contribution in [0.15, 0.2) is 10.9 Å². The molecule has 1 aliphatic carbocycles. The van der Waals surface area contributed by atoms with Crippen LogP contribution >= 0.6 is 0 Å². The van der Waals surface area contributed by atoms with E-state index in [4.69, 9.17) is 0 Å². The molecule has 0 aromatic carbocycles. The molecular formula is C9H12N2O. The molecule has 1 heterocycles. The molecule has 3 nitrogen and oxygen atoms in total. The van der Waals surface area contributed by atoms with Crippen molar-refractivity contribution in [1.29, 1.82) is 0 Å². The van der Waals surface area contributed by atoms with Gasteiger partial charge in [0, 0.05) is 6.07 Å². The van der Waals surface area contributed by atoms with E-state index in [2.05, 4.69) is 5.10 Å². The smallest absolute Gasteiger partial charge is 0.267 e. The van der Waals surface area contributed by atoms with Crippen LogP contribution in [0.4, 0.5) is 0 Å². The summed E-state index contributed by atoms with van der Waals surface area (Å²) in [5.74, 6) is 0. The van der Waals surface area contributed by atoms with E-state index in [0.29, 0.717) is 6.04 Å². The third-order valence-electron chi connectivity index (χ3n) is 2.29. The lowest BCUT2D eigenvalue weighted by molar-refractivity contribution is 0.587. The molecule has 3 heteroatoms. The van der Waals surface area contributed by atoms with E-state index < -0.39 is 0 Å². The Balaban J connectivity index is 2.55. The van der Waals surface area contributed by atoms with Gasteiger partial charge in [-0.15, -0.1) is 0 Å². The first-order valence-corrected chi connectivity index (χ1v) is 4.25. The summed E-state index contributed by atoms with van der Waals surface area (Å²) in [6.45, 7) is 3.86. The molecule has 0 spiro atoms. The van der Waals surface area contributed by atoms with Crippen LogP contribution in [-0.2, 0) is 0 Å². The quantitative estimate of drug-likeness (QED) is 0.625. The van der Waals surface area contributed by atoms with Crippen molar-refractivity contribution in [1.82, 2.24) is 9.78 Å². The Morgan fingerprint density at radius 3 is 2.75 bits per heavy atom. The van der Waals surface area contributed by atoms with Gasteiger partial charge in [0.25, 0.3) is 5.56 Å². The first-order valence-electron chi connectivity index (χ1n) is 4.25. The number of nitrogens with zero attached hydrogens (tertiary/aromatic N) is 2. The Morgan fingerprint density at radius 1 is 1.50 bits per heavy atom. The Kier molecular flexibility index (Phi) is 1.53. The molecule has 0 aliphatic heterocycles. The number of hydrogen-bond acceptors (Lipinski definition) is 2. The van der Waals surface area contributed by atoms with Crippen LogP contribution in [0.3, 0.4) is 0 Å². The summed E-state index contributed by atoms with van der Waals surface area (Å²) in [5, 5.41) is 4.24. The first-order chi connectivity index (χ1) is 5.68. The number of hydrogen-bond donors (Lipinski definition) is 0. The van der Waals surface area contributed by atoms with E-state index in [0.717, 1.165) is 24.1 Å². The predicted octanol–water partition coefficient (Wildman–Crippen LogP) is 1.20. The zero-order valence-electron chi connectivity index (χ0n) is 7.37. The minimum Gasteiger partial charge on any atom is -0.268 e. The fourth-order valence-electron chi connectivity index (χ4n) is 1.23. The molecule has 0 atom stereocenters. The normalized spacial score (nSPS) is 16.5. The molecule has 1 fully saturated rings. The summed E-state index contributed by atoms with van der Waals surface area (Å²) >= 11 is 0. The maximum atomic E-state index is 11.4. The van der Waals surface area contributed by atoms with Crippen LogP contribution in [-0.4, -0.2) is 9.78 Å². The van der Waals surface area contributed by atoms with Gasteiger partial charge in [0.2, 0.25) is 0 Å². The molecule has 0 saturated heterocycles. The Hall–Kier alpha value is -1.12. The zero-order chi connectivity index (χ0) is 8.72. The lowest BCUT2D eigenvalue weighted by atomic mass is 10.2. The number of aromatic nitrogens is 2. The van der Waals surface area contributed by atoms with Gasteiger partial charge in [0.1, 0.15) is 0 Å². The molecule has 64 valence electrons. The molecular weight excluding hydrogens is 152 g/mol. The lowest BCUT2D eigenvalue weighted by Crippen LogP contribution is -2.22. The van der Waals surface area contributed by atoms with Crippen LogP contribution in [0, 0.1) is 13.8 Å². The third-order valence-corrected chi connectivity index (χ3v) is 2.29. The maximum Gasteiger partial charge on any atom is 0.267 e. The zero-order valence-corrected chi connectivity index (χ0v) is 7.37. The average molecular weight is 164 g/mol. The second kappa shape index (κ2) is 2.44. The van der Waals surface area contributed by atoms with Crippen molar-refractivity contribution in [2.24, 2.45) is 0 Å². The van der Waals surface area contributed by atoms with Gasteiger partial charge in [0.15, 0.2) is 0 Å². The van der Waals surface area contributed by atoms with Gasteiger partial charge in [-0.1, -0.05) is 0 Å². The minimum atomic E-state index is 0.0422. The van der Waals surface area contributed by atoms with Crippen molar-refractivity contribution in [2.45, 2.75) is 32.7 Å². The molecule has 1 aliphatic rings. The van der Waals surface area contributed by atoms with Crippen molar-refractivity contribution in [3.8, 4) is 0 Å². The molecule has 0 unspecified atom stereocenters. The molecule has 0 amide bonds. The fourth-order valence-corrected chi connectivity index (χ4v) is 1.23. The van der Waals surface area contributed by atoms with Crippen LogP contribution in [0.2, 0.25) is 0 Å². The van der Waals surface area contributed by atoms with E-state index >= 15 is 0 Å². The van der Waals surface area contributed by atoms with Crippen LogP contribution in [0.1, 0.15) is 30.1 Å². The number of aryl methyl sites for hydroxylation is 2. The van der Waals surface area contributed by atoms with E-state index in [1.165, 1.54) is 0 Å². The van der Waals surface area contributed by atoms with Crippen molar-refractivity contribution in [3.63, 3.8) is 0 Å². The molecule has 1 aromatic rings. The molecule has 12 heavy (non-hydrogen) atoms. The summed E-state index contributed by atoms with van der Waals surface area (Å²) < 4.78 is 1.61. The summed E-state index contributed by atoms with van der Waals surface area (Å²) in [5.41, 5.74) is 1.99. The predicted molar refractivity (Wildman–Crippen MR) is 46.2 cm³/mol. The van der Waals surface area contributed by atoms with Crippen LogP contribution in [0.5, 0.6) is 0 Å². The summed E-state index contributed by atoms with van der Waals surface area (Å²) in [6.07, 6.45) is 2.21. The Bertz CT molecular complexity index is 363. The molecule has 0 radical (unpaired) electrons. The van der Waals surface area contributed by atoms with E-state index in [-0.39, 0.29) is 5.56 Å². The van der Waals surface area contributed by atoms with Gasteiger partial charge >= 0.3 is 0 Å². The monoisotopic (exact) mass is 164 g/mol. The fraction of sp³-hybridized carbons (Fsp3) is 0.556. The highest BCUT2D eigenvalue weighted by atomic mass is 16.1. The highest BCUT2D eigenvalue weighted by molar-refractivity contribution is 5.14. The van der Waals surface area contributed by atoms with Gasteiger partial charge in [-0.2, -0.15) is 5.10 Å². The molecule has 0 bridgehead atoms. The Labute approximate surface area is 71.0 Å². The second-order valence-electron chi connectivity index (χ2n) is 3.43. The van der Waals surface area contributed by atoms with Crippen molar-refractivity contribution >= 4 is 0 Å². The van der Waals surface area contributed by atoms with Crippen molar-refractivity contribution in [2.75, 3.05) is 0 Å². The van der Waals surface area contributed by atoms with Crippen LogP contribution < -0.4 is 5.56 Å². The largest absolute Gasteiger partial charge is 0.268 e. The van der Waals surface area contributed by atoms with Crippen molar-refractivity contribution < 1.29 is 0 Å². The molecule has 1 saturated carbocycles. The summed E-state index contributed by atoms with van der Waals surface area (Å²) in [6, 6.07) is 2.05. The SMILES string of the molecule is Cc1cc(=O)n(C2CC2)nc1C. The third kappa shape index (κ3) is 1.15. The molecule has 0 N–H and O–H groups in total. The van der Waals surface area contributed by atoms with E-state index in [9.17, 15) is 4.79 Å². The minimum absolute atomic E-state index is 0.0422. The van der Waals surface area contributed by atoms with Crippen molar-refractivity contribution in [3.05, 3.63) is 27.7 Å². The lowest BCUT2D eigenvalue weighted by Gasteiger charge is -2.04. The second-order valence-corrected chi connectivity index (χ2v) is 3.43. The standard InChI is InChI=1S/C9H12N2O/c1-6-5-9(12)11(8-3-4-8)10-7(6)2/h5,8H,3-4H2,1-2H3. The van der Waals surface area contributed by atoms with Crippen LogP contribution in [0.25, 0.3) is 0 Å². The Morgan fingerprint density at radius 2 is 2.17 bits per heavy atom. The van der Waals surface area contributed by atoms with E-state index in [1.54, 1.807) is 10.7 Å². The number of rotatable bonds is 1. The van der Waals surface area contributed by atoms with Gasteiger partial charge in [-0.05, 0) is 32.3 Å². The summed E-state index contributed by atoms with van der Waals surface area (Å²) in [7, 11) is 0. The highest BCUT2D eigenvalue weighted by Gasteiger charge is 2.25. The van der Waals surface area contributed by atoms with E-state index in [1.807, 2.05) is 13.8 Å². The van der Waals surface area contributed by atoms with Gasteiger partial charge in [-0.25, -0.2) is 4.68 Å². The highest BCUT2D eigenvalue weighted by Crippen LogP contribution is 2.32.